The van der Waals surface area contributed by atoms with Crippen molar-refractivity contribution in [2.45, 2.75) is 40.0 Å². The summed E-state index contributed by atoms with van der Waals surface area (Å²) in [6.45, 7) is 7.99. The summed E-state index contributed by atoms with van der Waals surface area (Å²) in [6.07, 6.45) is 4.84. The summed E-state index contributed by atoms with van der Waals surface area (Å²) in [6, 6.07) is 13.3. The SMILES string of the molecule is CCCCOc1ccc(/C=c2\sc3nc(-c4ccc(OCCC)cc4)nn3c2=O)cc1OCC. The van der Waals surface area contributed by atoms with Gasteiger partial charge in [-0.1, -0.05) is 37.7 Å². The molecule has 2 heterocycles. The minimum atomic E-state index is -0.192. The molecule has 178 valence electrons. The summed E-state index contributed by atoms with van der Waals surface area (Å²) in [5, 5.41) is 4.44. The van der Waals surface area contributed by atoms with E-state index in [1.165, 1.54) is 15.9 Å². The number of rotatable bonds is 11. The highest BCUT2D eigenvalue weighted by molar-refractivity contribution is 7.15. The molecule has 0 atom stereocenters. The smallest absolute Gasteiger partial charge is 0.291 e. The molecule has 4 aromatic rings. The Bertz CT molecular complexity index is 1350. The van der Waals surface area contributed by atoms with Crippen molar-refractivity contribution in [1.29, 1.82) is 0 Å². The van der Waals surface area contributed by atoms with Gasteiger partial charge in [-0.2, -0.15) is 9.50 Å². The third-order valence-electron chi connectivity index (χ3n) is 5.09. The van der Waals surface area contributed by atoms with Crippen LogP contribution in [-0.4, -0.2) is 34.4 Å². The minimum Gasteiger partial charge on any atom is -0.494 e. The Morgan fingerprint density at radius 1 is 0.941 bits per heavy atom. The maximum Gasteiger partial charge on any atom is 0.291 e. The predicted octanol–water partition coefficient (Wildman–Crippen LogP) is 4.73. The molecule has 0 bridgehead atoms. The predicted molar refractivity (Wildman–Crippen MR) is 135 cm³/mol. The van der Waals surface area contributed by atoms with E-state index in [1.54, 1.807) is 0 Å². The van der Waals surface area contributed by atoms with E-state index >= 15 is 0 Å². The Balaban J connectivity index is 1.60. The average molecular weight is 480 g/mol. The molecule has 7 nitrogen and oxygen atoms in total. The van der Waals surface area contributed by atoms with Crippen LogP contribution in [0.15, 0.2) is 47.3 Å². The van der Waals surface area contributed by atoms with E-state index in [4.69, 9.17) is 14.2 Å². The molecule has 0 N–H and O–H groups in total. The molecule has 4 rings (SSSR count). The van der Waals surface area contributed by atoms with Crippen LogP contribution in [0.2, 0.25) is 0 Å². The summed E-state index contributed by atoms with van der Waals surface area (Å²) < 4.78 is 19.1. The van der Waals surface area contributed by atoms with E-state index in [1.807, 2.05) is 55.5 Å². The molecule has 8 heteroatoms. The standard InChI is InChI=1S/C26H29N3O4S/c1-4-7-15-33-21-13-8-18(16-22(21)31-6-3)17-23-25(30)29-26(34-23)27-24(28-29)19-9-11-20(12-10-19)32-14-5-2/h8-13,16-17H,4-7,14-15H2,1-3H3/b23-17-. The lowest BCUT2D eigenvalue weighted by molar-refractivity contribution is 0.272. The zero-order valence-corrected chi connectivity index (χ0v) is 20.6. The quantitative estimate of drug-likeness (QED) is 0.290. The van der Waals surface area contributed by atoms with Gasteiger partial charge in [-0.25, -0.2) is 0 Å². The van der Waals surface area contributed by atoms with Gasteiger partial charge in [0, 0.05) is 5.56 Å². The number of aromatic nitrogens is 3. The summed E-state index contributed by atoms with van der Waals surface area (Å²) >= 11 is 1.31. The molecule has 0 saturated carbocycles. The van der Waals surface area contributed by atoms with E-state index in [-0.39, 0.29) is 5.56 Å². The second-order valence-corrected chi connectivity index (χ2v) is 8.77. The van der Waals surface area contributed by atoms with Crippen LogP contribution in [-0.2, 0) is 0 Å². The fourth-order valence-electron chi connectivity index (χ4n) is 3.36. The fraction of sp³-hybridized carbons (Fsp3) is 0.346. The number of thiazole rings is 1. The van der Waals surface area contributed by atoms with Crippen LogP contribution >= 0.6 is 11.3 Å². The van der Waals surface area contributed by atoms with E-state index in [9.17, 15) is 4.79 Å². The van der Waals surface area contributed by atoms with E-state index in [0.29, 0.717) is 46.6 Å². The van der Waals surface area contributed by atoms with Gasteiger partial charge in [0.2, 0.25) is 4.96 Å². The van der Waals surface area contributed by atoms with Crippen molar-refractivity contribution in [3.8, 4) is 28.6 Å². The Kier molecular flexibility index (Phi) is 7.80. The first kappa shape index (κ1) is 23.8. The molecule has 0 unspecified atom stereocenters. The van der Waals surface area contributed by atoms with Gasteiger partial charge in [-0.15, -0.1) is 5.10 Å². The summed E-state index contributed by atoms with van der Waals surface area (Å²) in [5.41, 5.74) is 1.50. The normalized spacial score (nSPS) is 11.8. The number of unbranched alkanes of at least 4 members (excludes halogenated alkanes) is 1. The van der Waals surface area contributed by atoms with Gasteiger partial charge in [-0.05, 0) is 67.8 Å². The number of fused-ring (bicyclic) bond motifs is 1. The summed E-state index contributed by atoms with van der Waals surface area (Å²) in [4.78, 5) is 18.1. The molecule has 0 aliphatic heterocycles. The molecule has 0 aliphatic carbocycles. The molecule has 0 amide bonds. The molecule has 0 spiro atoms. The van der Waals surface area contributed by atoms with Crippen molar-refractivity contribution in [1.82, 2.24) is 14.6 Å². The lowest BCUT2D eigenvalue weighted by Gasteiger charge is -2.12. The van der Waals surface area contributed by atoms with E-state index < -0.39 is 0 Å². The summed E-state index contributed by atoms with van der Waals surface area (Å²) in [5.74, 6) is 2.71. The van der Waals surface area contributed by atoms with Gasteiger partial charge in [0.25, 0.3) is 5.56 Å². The van der Waals surface area contributed by atoms with Crippen LogP contribution in [0.3, 0.4) is 0 Å². The Morgan fingerprint density at radius 3 is 2.47 bits per heavy atom. The van der Waals surface area contributed by atoms with Crippen molar-refractivity contribution < 1.29 is 14.2 Å². The van der Waals surface area contributed by atoms with Crippen LogP contribution in [0.1, 0.15) is 45.6 Å². The first-order valence-corrected chi connectivity index (χ1v) is 12.5. The van der Waals surface area contributed by atoms with Crippen LogP contribution in [0.25, 0.3) is 22.4 Å². The van der Waals surface area contributed by atoms with Crippen molar-refractivity contribution in [3.63, 3.8) is 0 Å². The molecule has 2 aromatic heterocycles. The zero-order chi connectivity index (χ0) is 23.9. The van der Waals surface area contributed by atoms with Crippen LogP contribution in [0.5, 0.6) is 17.2 Å². The Labute approximate surface area is 202 Å². The van der Waals surface area contributed by atoms with E-state index in [0.717, 1.165) is 36.1 Å². The topological polar surface area (TPSA) is 75.0 Å². The van der Waals surface area contributed by atoms with Crippen molar-refractivity contribution >= 4 is 22.4 Å². The highest BCUT2D eigenvalue weighted by atomic mass is 32.1. The Morgan fingerprint density at radius 2 is 1.76 bits per heavy atom. The summed E-state index contributed by atoms with van der Waals surface area (Å²) in [7, 11) is 0. The first-order valence-electron chi connectivity index (χ1n) is 11.7. The molecule has 34 heavy (non-hydrogen) atoms. The molecular weight excluding hydrogens is 450 g/mol. The molecule has 0 radical (unpaired) electrons. The number of hydrogen-bond donors (Lipinski definition) is 0. The van der Waals surface area contributed by atoms with Crippen LogP contribution in [0.4, 0.5) is 0 Å². The second kappa shape index (κ2) is 11.2. The average Bonchev–Trinajstić information content (AvgIpc) is 3.39. The lowest BCUT2D eigenvalue weighted by atomic mass is 10.2. The van der Waals surface area contributed by atoms with Gasteiger partial charge in [0.05, 0.1) is 24.4 Å². The van der Waals surface area contributed by atoms with Crippen molar-refractivity contribution in [2.75, 3.05) is 19.8 Å². The third kappa shape index (κ3) is 5.39. The van der Waals surface area contributed by atoms with Gasteiger partial charge in [0.15, 0.2) is 17.3 Å². The maximum atomic E-state index is 13.0. The molecule has 0 saturated heterocycles. The van der Waals surface area contributed by atoms with Crippen LogP contribution in [0, 0.1) is 0 Å². The minimum absolute atomic E-state index is 0.192. The highest BCUT2D eigenvalue weighted by Crippen LogP contribution is 2.29. The molecular formula is C26H29N3O4S. The number of nitrogens with zero attached hydrogens (tertiary/aromatic N) is 3. The largest absolute Gasteiger partial charge is 0.494 e. The molecule has 2 aromatic carbocycles. The number of hydrogen-bond acceptors (Lipinski definition) is 7. The van der Waals surface area contributed by atoms with E-state index in [2.05, 4.69) is 23.9 Å². The van der Waals surface area contributed by atoms with Gasteiger partial charge >= 0.3 is 0 Å². The van der Waals surface area contributed by atoms with Gasteiger partial charge in [0.1, 0.15) is 5.75 Å². The van der Waals surface area contributed by atoms with Gasteiger partial charge < -0.3 is 14.2 Å². The van der Waals surface area contributed by atoms with Crippen molar-refractivity contribution in [2.24, 2.45) is 0 Å². The third-order valence-corrected chi connectivity index (χ3v) is 6.05. The number of ether oxygens (including phenoxy) is 3. The second-order valence-electron chi connectivity index (χ2n) is 7.76. The fourth-order valence-corrected chi connectivity index (χ4v) is 4.26. The van der Waals surface area contributed by atoms with Crippen molar-refractivity contribution in [3.05, 3.63) is 62.9 Å². The highest BCUT2D eigenvalue weighted by Gasteiger charge is 2.13. The lowest BCUT2D eigenvalue weighted by Crippen LogP contribution is -2.23. The molecule has 0 aliphatic rings. The first-order chi connectivity index (χ1) is 16.6. The monoisotopic (exact) mass is 479 g/mol. The maximum absolute atomic E-state index is 13.0. The Hall–Kier alpha value is -3.39. The number of benzene rings is 2. The zero-order valence-electron chi connectivity index (χ0n) is 19.7. The van der Waals surface area contributed by atoms with Gasteiger partial charge in [-0.3, -0.25) is 4.79 Å². The molecule has 0 fully saturated rings. The van der Waals surface area contributed by atoms with Crippen LogP contribution < -0.4 is 24.3 Å².